The summed E-state index contributed by atoms with van der Waals surface area (Å²) in [4.78, 5) is 50.9. The highest BCUT2D eigenvalue weighted by molar-refractivity contribution is 6.10. The van der Waals surface area contributed by atoms with Crippen LogP contribution in [-0.4, -0.2) is 55.1 Å². The number of anilines is 1. The van der Waals surface area contributed by atoms with Crippen molar-refractivity contribution in [1.29, 1.82) is 0 Å². The van der Waals surface area contributed by atoms with E-state index in [1.54, 1.807) is 32.0 Å². The highest BCUT2D eigenvalue weighted by Crippen LogP contribution is 2.36. The van der Waals surface area contributed by atoms with Crippen molar-refractivity contribution in [2.75, 3.05) is 31.7 Å². The minimum absolute atomic E-state index is 0.258. The molecule has 1 atom stereocenters. The number of esters is 1. The second-order valence-corrected chi connectivity index (χ2v) is 8.00. The largest absolute Gasteiger partial charge is 0.490 e. The molecule has 178 valence electrons. The number of rotatable bonds is 6. The van der Waals surface area contributed by atoms with Crippen molar-refractivity contribution in [1.82, 2.24) is 10.2 Å². The van der Waals surface area contributed by atoms with Crippen LogP contribution in [0.25, 0.3) is 0 Å². The van der Waals surface area contributed by atoms with Crippen LogP contribution in [0.5, 0.6) is 11.5 Å². The van der Waals surface area contributed by atoms with Crippen molar-refractivity contribution in [3.05, 3.63) is 53.6 Å². The van der Waals surface area contributed by atoms with Crippen LogP contribution < -0.4 is 20.1 Å². The minimum atomic E-state index is -1.36. The molecule has 0 radical (unpaired) electrons. The normalized spacial score (nSPS) is 19.3. The Morgan fingerprint density at radius 3 is 2.50 bits per heavy atom. The van der Waals surface area contributed by atoms with Gasteiger partial charge in [0.05, 0.1) is 25.4 Å². The summed E-state index contributed by atoms with van der Waals surface area (Å²) < 4.78 is 16.2. The van der Waals surface area contributed by atoms with Crippen molar-refractivity contribution < 1.29 is 33.4 Å². The van der Waals surface area contributed by atoms with Crippen molar-refractivity contribution >= 4 is 29.5 Å². The predicted molar refractivity (Wildman–Crippen MR) is 121 cm³/mol. The molecule has 2 aromatic rings. The van der Waals surface area contributed by atoms with Gasteiger partial charge in [0.25, 0.3) is 5.91 Å². The summed E-state index contributed by atoms with van der Waals surface area (Å²) in [5.41, 5.74) is -0.0771. The summed E-state index contributed by atoms with van der Waals surface area (Å²) in [5.74, 6) is -0.503. The van der Waals surface area contributed by atoms with Crippen LogP contribution in [0.15, 0.2) is 42.5 Å². The van der Waals surface area contributed by atoms with Gasteiger partial charge in [0.1, 0.15) is 12.1 Å². The highest BCUT2D eigenvalue weighted by atomic mass is 16.5. The van der Waals surface area contributed by atoms with Gasteiger partial charge in [-0.2, -0.15) is 0 Å². The Morgan fingerprint density at radius 1 is 1.09 bits per heavy atom. The maximum atomic E-state index is 13.2. The van der Waals surface area contributed by atoms with Crippen LogP contribution in [0.4, 0.5) is 10.5 Å². The molecular weight excluding hydrogens is 442 g/mol. The number of nitrogens with one attached hydrogen (secondary N) is 2. The van der Waals surface area contributed by atoms with E-state index in [4.69, 9.17) is 14.2 Å². The molecule has 1 unspecified atom stereocenters. The zero-order chi connectivity index (χ0) is 24.3. The molecule has 2 aliphatic rings. The molecule has 2 heterocycles. The van der Waals surface area contributed by atoms with Crippen molar-refractivity contribution in [2.45, 2.75) is 25.8 Å². The summed E-state index contributed by atoms with van der Waals surface area (Å²) in [5, 5.41) is 5.30. The average molecular weight is 467 g/mol. The number of benzene rings is 2. The van der Waals surface area contributed by atoms with E-state index in [1.807, 2.05) is 0 Å². The lowest BCUT2D eigenvalue weighted by atomic mass is 9.91. The number of carbonyl (C=O) groups is 4. The molecule has 34 heavy (non-hydrogen) atoms. The van der Waals surface area contributed by atoms with Crippen LogP contribution in [-0.2, 0) is 19.9 Å². The van der Waals surface area contributed by atoms with Gasteiger partial charge in [-0.05, 0) is 55.8 Å². The summed E-state index contributed by atoms with van der Waals surface area (Å²) in [6.45, 7) is 4.11. The van der Waals surface area contributed by atoms with Gasteiger partial charge in [-0.3, -0.25) is 14.5 Å². The van der Waals surface area contributed by atoms with E-state index in [0.717, 1.165) is 11.3 Å². The van der Waals surface area contributed by atoms with E-state index in [-0.39, 0.29) is 6.61 Å². The first-order valence-electron chi connectivity index (χ1n) is 10.9. The lowest BCUT2D eigenvalue weighted by molar-refractivity contribution is -0.133. The van der Waals surface area contributed by atoms with Crippen molar-refractivity contribution in [3.63, 3.8) is 0 Å². The fourth-order valence-electron chi connectivity index (χ4n) is 3.76. The Morgan fingerprint density at radius 2 is 1.79 bits per heavy atom. The maximum absolute atomic E-state index is 13.2. The molecule has 10 nitrogen and oxygen atoms in total. The van der Waals surface area contributed by atoms with Crippen LogP contribution in [0.1, 0.15) is 36.2 Å². The maximum Gasteiger partial charge on any atom is 0.338 e. The topological polar surface area (TPSA) is 123 Å². The van der Waals surface area contributed by atoms with Crippen molar-refractivity contribution in [2.24, 2.45) is 0 Å². The third-order valence-electron chi connectivity index (χ3n) is 5.58. The summed E-state index contributed by atoms with van der Waals surface area (Å²) in [6.07, 6.45) is 0.741. The van der Waals surface area contributed by atoms with Gasteiger partial charge in [-0.15, -0.1) is 0 Å². The summed E-state index contributed by atoms with van der Waals surface area (Å²) in [6, 6.07) is 10.5. The molecule has 0 aromatic heterocycles. The summed E-state index contributed by atoms with van der Waals surface area (Å²) >= 11 is 0. The minimum Gasteiger partial charge on any atom is -0.490 e. The van der Waals surface area contributed by atoms with E-state index in [2.05, 4.69) is 10.6 Å². The van der Waals surface area contributed by atoms with E-state index in [0.29, 0.717) is 41.5 Å². The van der Waals surface area contributed by atoms with E-state index < -0.39 is 35.9 Å². The first-order valence-corrected chi connectivity index (χ1v) is 10.9. The first-order chi connectivity index (χ1) is 16.3. The third kappa shape index (κ3) is 4.52. The number of ether oxygens (including phenoxy) is 3. The molecule has 2 N–H and O–H groups in total. The average Bonchev–Trinajstić information content (AvgIpc) is 2.98. The Balaban J connectivity index is 1.44. The smallest absolute Gasteiger partial charge is 0.338 e. The van der Waals surface area contributed by atoms with E-state index in [1.165, 1.54) is 24.3 Å². The molecule has 4 rings (SSSR count). The number of hydrogen-bond donors (Lipinski definition) is 2. The quantitative estimate of drug-likeness (QED) is 0.494. The van der Waals surface area contributed by atoms with Gasteiger partial charge in [0, 0.05) is 12.1 Å². The van der Waals surface area contributed by atoms with E-state index in [9.17, 15) is 19.2 Å². The van der Waals surface area contributed by atoms with Gasteiger partial charge in [0.15, 0.2) is 11.5 Å². The fraction of sp³-hybridized carbons (Fsp3) is 0.333. The van der Waals surface area contributed by atoms with Gasteiger partial charge < -0.3 is 24.8 Å². The van der Waals surface area contributed by atoms with E-state index >= 15 is 0 Å². The van der Waals surface area contributed by atoms with Gasteiger partial charge in [0.2, 0.25) is 5.91 Å². The second kappa shape index (κ2) is 9.42. The summed E-state index contributed by atoms with van der Waals surface area (Å²) in [7, 11) is 0. The van der Waals surface area contributed by atoms with Gasteiger partial charge in [-0.1, -0.05) is 6.07 Å². The lowest BCUT2D eigenvalue weighted by Gasteiger charge is -2.23. The number of carbonyl (C=O) groups excluding carboxylic acids is 4. The number of amides is 4. The zero-order valence-electron chi connectivity index (χ0n) is 18.9. The third-order valence-corrected chi connectivity index (χ3v) is 5.58. The molecule has 4 amide bonds. The van der Waals surface area contributed by atoms with Gasteiger partial charge >= 0.3 is 12.0 Å². The molecule has 0 saturated carbocycles. The molecule has 0 bridgehead atoms. The monoisotopic (exact) mass is 467 g/mol. The molecular formula is C24H25N3O7. The van der Waals surface area contributed by atoms with Crippen LogP contribution in [0.3, 0.4) is 0 Å². The standard InChI is InChI=1S/C24H25N3O7/c1-3-32-21(29)15-5-8-17(9-6-15)25-20(28)14-27-22(30)24(2,26-23(27)31)16-7-10-18-19(13-16)34-12-4-11-33-18/h5-10,13H,3-4,11-12,14H2,1-2H3,(H,25,28)(H,26,31). The molecule has 10 heteroatoms. The lowest BCUT2D eigenvalue weighted by Crippen LogP contribution is -2.42. The van der Waals surface area contributed by atoms with Gasteiger partial charge in [-0.25, -0.2) is 9.59 Å². The Hall–Kier alpha value is -4.08. The molecule has 2 aromatic carbocycles. The molecule has 0 spiro atoms. The fourth-order valence-corrected chi connectivity index (χ4v) is 3.76. The molecule has 1 saturated heterocycles. The van der Waals surface area contributed by atoms with Crippen LogP contribution in [0, 0.1) is 0 Å². The zero-order valence-corrected chi connectivity index (χ0v) is 18.9. The Labute approximate surface area is 196 Å². The molecule has 2 aliphatic heterocycles. The first kappa shape index (κ1) is 23.1. The molecule has 1 fully saturated rings. The Kier molecular flexibility index (Phi) is 6.40. The number of fused-ring (bicyclic) bond motifs is 1. The number of imide groups is 1. The van der Waals surface area contributed by atoms with Crippen LogP contribution >= 0.6 is 0 Å². The number of hydrogen-bond acceptors (Lipinski definition) is 7. The molecule has 0 aliphatic carbocycles. The predicted octanol–water partition coefficient (Wildman–Crippen LogP) is 2.43. The highest BCUT2D eigenvalue weighted by Gasteiger charge is 2.49. The second-order valence-electron chi connectivity index (χ2n) is 8.00. The number of nitrogens with zero attached hydrogens (tertiary/aromatic N) is 1. The SMILES string of the molecule is CCOC(=O)c1ccc(NC(=O)CN2C(=O)NC(C)(c3ccc4c(c3)OCCCO4)C2=O)cc1. The van der Waals surface area contributed by atoms with Crippen molar-refractivity contribution in [3.8, 4) is 11.5 Å². The Bertz CT molecular complexity index is 1130. The van der Waals surface area contributed by atoms with Crippen LogP contribution in [0.2, 0.25) is 0 Å². The number of urea groups is 1.